The van der Waals surface area contributed by atoms with E-state index >= 15 is 0 Å². The van der Waals surface area contributed by atoms with Gasteiger partial charge in [-0.25, -0.2) is 0 Å². The lowest BCUT2D eigenvalue weighted by Crippen LogP contribution is -2.29. The number of carbonyl (C=O) groups excluding carboxylic acids is 2. The Kier molecular flexibility index (Phi) is 7.42. The maximum atomic E-state index is 12.2. The number of pyridine rings is 1. The van der Waals surface area contributed by atoms with Crippen LogP contribution >= 0.6 is 0 Å². The molecule has 1 aromatic carbocycles. The summed E-state index contributed by atoms with van der Waals surface area (Å²) in [5.41, 5.74) is 0.603. The van der Waals surface area contributed by atoms with E-state index in [0.29, 0.717) is 31.0 Å². The topological polar surface area (TPSA) is 89.6 Å². The number of hydrogen-bond acceptors (Lipinski definition) is 5. The number of methoxy groups -OCH3 is 1. The number of ether oxygens (including phenoxy) is 2. The highest BCUT2D eigenvalue weighted by atomic mass is 16.5. The van der Waals surface area contributed by atoms with Crippen molar-refractivity contribution in [3.63, 3.8) is 0 Å². The van der Waals surface area contributed by atoms with Gasteiger partial charge in [-0.15, -0.1) is 0 Å². The van der Waals surface area contributed by atoms with E-state index in [2.05, 4.69) is 15.6 Å². The second-order valence-corrected chi connectivity index (χ2v) is 5.47. The SMILES string of the molecule is CCCNC(=O)c1cc(C(=O)NCCOc2ccc(OC)cc2)ccn1. The molecule has 0 saturated heterocycles. The smallest absolute Gasteiger partial charge is 0.269 e. The molecular weight excluding hydrogens is 334 g/mol. The van der Waals surface area contributed by atoms with Crippen LogP contribution in [0.4, 0.5) is 0 Å². The van der Waals surface area contributed by atoms with Gasteiger partial charge in [-0.05, 0) is 42.8 Å². The predicted octanol–water partition coefficient (Wildman–Crippen LogP) is 2.04. The number of aromatic nitrogens is 1. The third-order valence-corrected chi connectivity index (χ3v) is 3.51. The number of nitrogens with zero attached hydrogens (tertiary/aromatic N) is 1. The van der Waals surface area contributed by atoms with Gasteiger partial charge in [0.2, 0.25) is 0 Å². The Morgan fingerprint density at radius 3 is 2.38 bits per heavy atom. The summed E-state index contributed by atoms with van der Waals surface area (Å²) in [5.74, 6) is 0.876. The highest BCUT2D eigenvalue weighted by molar-refractivity contribution is 5.98. The van der Waals surface area contributed by atoms with Crippen LogP contribution in [0.2, 0.25) is 0 Å². The summed E-state index contributed by atoms with van der Waals surface area (Å²) in [6.07, 6.45) is 2.28. The number of hydrogen-bond donors (Lipinski definition) is 2. The molecule has 1 heterocycles. The predicted molar refractivity (Wildman–Crippen MR) is 97.7 cm³/mol. The van der Waals surface area contributed by atoms with Crippen LogP contribution in [-0.4, -0.2) is 43.6 Å². The average Bonchev–Trinajstić information content (AvgIpc) is 2.69. The number of amides is 2. The molecule has 0 atom stereocenters. The highest BCUT2D eigenvalue weighted by Crippen LogP contribution is 2.16. The number of rotatable bonds is 9. The largest absolute Gasteiger partial charge is 0.497 e. The van der Waals surface area contributed by atoms with Gasteiger partial charge in [0, 0.05) is 18.3 Å². The first kappa shape index (κ1) is 19.2. The zero-order chi connectivity index (χ0) is 18.8. The minimum absolute atomic E-state index is 0.223. The molecule has 0 aliphatic rings. The van der Waals surface area contributed by atoms with E-state index < -0.39 is 0 Å². The Morgan fingerprint density at radius 2 is 1.69 bits per heavy atom. The van der Waals surface area contributed by atoms with Crippen molar-refractivity contribution in [3.8, 4) is 11.5 Å². The Morgan fingerprint density at radius 1 is 1.00 bits per heavy atom. The van der Waals surface area contributed by atoms with Crippen molar-refractivity contribution in [1.29, 1.82) is 0 Å². The molecule has 0 saturated carbocycles. The summed E-state index contributed by atoms with van der Waals surface area (Å²) in [7, 11) is 1.60. The molecule has 0 unspecified atom stereocenters. The number of carbonyl (C=O) groups is 2. The van der Waals surface area contributed by atoms with E-state index in [1.54, 1.807) is 37.4 Å². The summed E-state index contributed by atoms with van der Waals surface area (Å²) in [6.45, 7) is 3.20. The van der Waals surface area contributed by atoms with Gasteiger partial charge in [-0.3, -0.25) is 14.6 Å². The lowest BCUT2D eigenvalue weighted by atomic mass is 10.2. The summed E-state index contributed by atoms with van der Waals surface area (Å²) < 4.78 is 10.6. The van der Waals surface area contributed by atoms with E-state index in [1.807, 2.05) is 6.92 Å². The molecular formula is C19H23N3O4. The summed E-state index contributed by atoms with van der Waals surface area (Å²) >= 11 is 0. The molecule has 2 N–H and O–H groups in total. The van der Waals surface area contributed by atoms with Crippen LogP contribution in [0.1, 0.15) is 34.2 Å². The van der Waals surface area contributed by atoms with Crippen molar-refractivity contribution in [1.82, 2.24) is 15.6 Å². The van der Waals surface area contributed by atoms with Crippen molar-refractivity contribution < 1.29 is 19.1 Å². The van der Waals surface area contributed by atoms with Crippen molar-refractivity contribution in [2.45, 2.75) is 13.3 Å². The molecule has 138 valence electrons. The van der Waals surface area contributed by atoms with Crippen LogP contribution in [0.3, 0.4) is 0 Å². The minimum Gasteiger partial charge on any atom is -0.497 e. The quantitative estimate of drug-likeness (QED) is 0.671. The van der Waals surface area contributed by atoms with Crippen molar-refractivity contribution in [2.75, 3.05) is 26.8 Å². The van der Waals surface area contributed by atoms with Crippen molar-refractivity contribution in [3.05, 3.63) is 53.9 Å². The van der Waals surface area contributed by atoms with Gasteiger partial charge in [-0.1, -0.05) is 6.92 Å². The molecule has 7 nitrogen and oxygen atoms in total. The molecule has 2 aromatic rings. The zero-order valence-electron chi connectivity index (χ0n) is 15.0. The number of nitrogens with one attached hydrogen (secondary N) is 2. The van der Waals surface area contributed by atoms with Gasteiger partial charge >= 0.3 is 0 Å². The molecule has 0 bridgehead atoms. The normalized spacial score (nSPS) is 10.1. The first-order valence-corrected chi connectivity index (χ1v) is 8.43. The van der Waals surface area contributed by atoms with Crippen LogP contribution in [-0.2, 0) is 0 Å². The zero-order valence-corrected chi connectivity index (χ0v) is 15.0. The van der Waals surface area contributed by atoms with E-state index in [9.17, 15) is 9.59 Å². The van der Waals surface area contributed by atoms with Gasteiger partial charge in [-0.2, -0.15) is 0 Å². The van der Waals surface area contributed by atoms with Gasteiger partial charge < -0.3 is 20.1 Å². The summed E-state index contributed by atoms with van der Waals surface area (Å²) in [4.78, 5) is 28.1. The molecule has 2 amide bonds. The summed E-state index contributed by atoms with van der Waals surface area (Å²) in [5, 5.41) is 5.48. The Balaban J connectivity index is 1.80. The number of benzene rings is 1. The van der Waals surface area contributed by atoms with Crippen LogP contribution in [0.5, 0.6) is 11.5 Å². The monoisotopic (exact) mass is 357 g/mol. The lowest BCUT2D eigenvalue weighted by Gasteiger charge is -2.09. The lowest BCUT2D eigenvalue weighted by molar-refractivity contribution is 0.0947. The van der Waals surface area contributed by atoms with Gasteiger partial charge in [0.05, 0.1) is 13.7 Å². The van der Waals surface area contributed by atoms with Gasteiger partial charge in [0.1, 0.15) is 23.8 Å². The maximum absolute atomic E-state index is 12.2. The Bertz CT molecular complexity index is 732. The van der Waals surface area contributed by atoms with E-state index in [4.69, 9.17) is 9.47 Å². The van der Waals surface area contributed by atoms with E-state index in [-0.39, 0.29) is 17.5 Å². The highest BCUT2D eigenvalue weighted by Gasteiger charge is 2.11. The molecule has 26 heavy (non-hydrogen) atoms. The fraction of sp³-hybridized carbons (Fsp3) is 0.316. The first-order chi connectivity index (χ1) is 12.6. The molecule has 2 rings (SSSR count). The fourth-order valence-corrected chi connectivity index (χ4v) is 2.13. The van der Waals surface area contributed by atoms with Gasteiger partial charge in [0.25, 0.3) is 11.8 Å². The average molecular weight is 357 g/mol. The van der Waals surface area contributed by atoms with Crippen molar-refractivity contribution in [2.24, 2.45) is 0 Å². The third-order valence-electron chi connectivity index (χ3n) is 3.51. The van der Waals surface area contributed by atoms with Crippen LogP contribution in [0, 0.1) is 0 Å². The Hall–Kier alpha value is -3.09. The molecule has 0 radical (unpaired) electrons. The van der Waals surface area contributed by atoms with Crippen LogP contribution in [0.15, 0.2) is 42.6 Å². The minimum atomic E-state index is -0.288. The molecule has 1 aromatic heterocycles. The van der Waals surface area contributed by atoms with E-state index in [0.717, 1.165) is 12.2 Å². The molecule has 0 fully saturated rings. The van der Waals surface area contributed by atoms with Crippen LogP contribution in [0.25, 0.3) is 0 Å². The molecule has 0 spiro atoms. The first-order valence-electron chi connectivity index (χ1n) is 8.43. The Labute approximate surface area is 152 Å². The second kappa shape index (κ2) is 10.0. The third kappa shape index (κ3) is 5.77. The summed E-state index contributed by atoms with van der Waals surface area (Å²) in [6, 6.07) is 10.2. The molecule has 7 heteroatoms. The second-order valence-electron chi connectivity index (χ2n) is 5.47. The molecule has 0 aliphatic carbocycles. The standard InChI is InChI=1S/C19H23N3O4/c1-3-9-21-19(24)17-13-14(8-10-20-17)18(23)22-11-12-26-16-6-4-15(25-2)5-7-16/h4-8,10,13H,3,9,11-12H2,1-2H3,(H,21,24)(H,22,23). The fourth-order valence-electron chi connectivity index (χ4n) is 2.13. The van der Waals surface area contributed by atoms with Crippen LogP contribution < -0.4 is 20.1 Å². The van der Waals surface area contributed by atoms with E-state index in [1.165, 1.54) is 12.3 Å². The van der Waals surface area contributed by atoms with Gasteiger partial charge in [0.15, 0.2) is 0 Å². The molecule has 0 aliphatic heterocycles. The van der Waals surface area contributed by atoms with Crippen molar-refractivity contribution >= 4 is 11.8 Å². The maximum Gasteiger partial charge on any atom is 0.269 e.